The summed E-state index contributed by atoms with van der Waals surface area (Å²) in [7, 11) is 0. The van der Waals surface area contributed by atoms with E-state index in [1.54, 1.807) is 45.0 Å². The lowest BCUT2D eigenvalue weighted by Crippen LogP contribution is -2.57. The predicted octanol–water partition coefficient (Wildman–Crippen LogP) is 1.66. The van der Waals surface area contributed by atoms with E-state index >= 15 is 0 Å². The van der Waals surface area contributed by atoms with Crippen LogP contribution in [0, 0.1) is 5.92 Å². The first-order valence-corrected chi connectivity index (χ1v) is 12.8. The van der Waals surface area contributed by atoms with Crippen molar-refractivity contribution in [2.24, 2.45) is 11.7 Å². The van der Waals surface area contributed by atoms with Crippen LogP contribution in [0.5, 0.6) is 5.75 Å². The molecule has 2 rings (SSSR count). The molecule has 1 aliphatic heterocycles. The number of hydrogen-bond donors (Lipinski definition) is 2. The quantitative estimate of drug-likeness (QED) is 0.360. The minimum atomic E-state index is -0.959. The van der Waals surface area contributed by atoms with Crippen LogP contribution in [-0.2, 0) is 30.3 Å². The topological polar surface area (TPSA) is 148 Å². The SMILES string of the molecule is CC(=O)N1CCN(C(=O)Oc2ccc(C[C@H](NC(=O)[C@@H](N)CC(C)C)C(=O)OC(C)(C)C)cc2)C(C=O)C1. The van der Waals surface area contributed by atoms with Gasteiger partial charge in [0.15, 0.2) is 0 Å². The monoisotopic (exact) mass is 532 g/mol. The minimum absolute atomic E-state index is 0.117. The van der Waals surface area contributed by atoms with E-state index in [1.165, 1.54) is 16.7 Å². The maximum Gasteiger partial charge on any atom is 0.415 e. The first kappa shape index (κ1) is 30.8. The number of benzene rings is 1. The number of nitrogens with zero attached hydrogens (tertiary/aromatic N) is 2. The maximum atomic E-state index is 12.8. The number of ether oxygens (including phenoxy) is 2. The van der Waals surface area contributed by atoms with E-state index in [9.17, 15) is 24.0 Å². The molecule has 1 saturated heterocycles. The Balaban J connectivity index is 2.08. The number of carbonyl (C=O) groups is 5. The fourth-order valence-corrected chi connectivity index (χ4v) is 3.99. The average Bonchev–Trinajstić information content (AvgIpc) is 2.82. The third kappa shape index (κ3) is 9.44. The maximum absolute atomic E-state index is 12.8. The molecule has 3 atom stereocenters. The molecule has 3 N–H and O–H groups in total. The molecular weight excluding hydrogens is 492 g/mol. The van der Waals surface area contributed by atoms with Crippen LogP contribution in [0.25, 0.3) is 0 Å². The summed E-state index contributed by atoms with van der Waals surface area (Å²) in [6.45, 7) is 11.2. The molecule has 0 aliphatic carbocycles. The van der Waals surface area contributed by atoms with Crippen LogP contribution in [0.15, 0.2) is 24.3 Å². The molecule has 210 valence electrons. The zero-order valence-corrected chi connectivity index (χ0v) is 23.1. The number of aldehydes is 1. The normalized spacial score (nSPS) is 17.4. The second-order valence-corrected chi connectivity index (χ2v) is 10.9. The van der Waals surface area contributed by atoms with Gasteiger partial charge in [0.25, 0.3) is 0 Å². The van der Waals surface area contributed by atoms with Crippen molar-refractivity contribution in [3.05, 3.63) is 29.8 Å². The molecule has 1 heterocycles. The lowest BCUT2D eigenvalue weighted by Gasteiger charge is -2.37. The fourth-order valence-electron chi connectivity index (χ4n) is 3.99. The first-order chi connectivity index (χ1) is 17.7. The number of nitrogens with one attached hydrogen (secondary N) is 1. The van der Waals surface area contributed by atoms with Crippen molar-refractivity contribution in [3.8, 4) is 5.75 Å². The van der Waals surface area contributed by atoms with Gasteiger partial charge in [-0.25, -0.2) is 9.59 Å². The number of esters is 1. The van der Waals surface area contributed by atoms with Crippen LogP contribution in [0.2, 0.25) is 0 Å². The molecule has 0 radical (unpaired) electrons. The number of piperazine rings is 1. The number of amides is 3. The Labute approximate surface area is 224 Å². The van der Waals surface area contributed by atoms with Gasteiger partial charge in [-0.1, -0.05) is 26.0 Å². The molecule has 1 aliphatic rings. The summed E-state index contributed by atoms with van der Waals surface area (Å²) in [4.78, 5) is 64.0. The van der Waals surface area contributed by atoms with E-state index in [4.69, 9.17) is 15.2 Å². The highest BCUT2D eigenvalue weighted by Crippen LogP contribution is 2.18. The van der Waals surface area contributed by atoms with Gasteiger partial charge in [0.2, 0.25) is 11.8 Å². The summed E-state index contributed by atoms with van der Waals surface area (Å²) < 4.78 is 10.9. The molecular formula is C27H40N4O7. The second kappa shape index (κ2) is 13.4. The van der Waals surface area contributed by atoms with Gasteiger partial charge in [-0.15, -0.1) is 0 Å². The largest absolute Gasteiger partial charge is 0.458 e. The van der Waals surface area contributed by atoms with Crippen molar-refractivity contribution >= 4 is 30.2 Å². The number of rotatable bonds is 9. The molecule has 1 aromatic carbocycles. The number of nitrogens with two attached hydrogens (primary N) is 1. The standard InChI is InChI=1S/C27H40N4O7/c1-17(2)13-22(28)24(34)29-23(25(35)38-27(4,5)6)14-19-7-9-21(10-8-19)37-26(36)31-12-11-30(18(3)33)15-20(31)16-32/h7-10,16-17,20,22-23H,11-15,28H2,1-6H3,(H,29,34)/t20?,22-,23-/m0/s1. The Morgan fingerprint density at radius 3 is 2.29 bits per heavy atom. The fraction of sp³-hybridized carbons (Fsp3) is 0.593. The van der Waals surface area contributed by atoms with Crippen LogP contribution in [0.1, 0.15) is 53.5 Å². The van der Waals surface area contributed by atoms with Gasteiger partial charge in [-0.3, -0.25) is 14.5 Å². The molecule has 0 bridgehead atoms. The van der Waals surface area contributed by atoms with Crippen LogP contribution in [0.4, 0.5) is 4.79 Å². The zero-order chi connectivity index (χ0) is 28.6. The third-order valence-corrected chi connectivity index (χ3v) is 5.89. The van der Waals surface area contributed by atoms with E-state index in [2.05, 4.69) is 5.32 Å². The van der Waals surface area contributed by atoms with Crippen molar-refractivity contribution in [1.29, 1.82) is 0 Å². The van der Waals surface area contributed by atoms with Gasteiger partial charge in [-0.05, 0) is 50.8 Å². The van der Waals surface area contributed by atoms with Crippen molar-refractivity contribution < 1.29 is 33.4 Å². The molecule has 11 nitrogen and oxygen atoms in total. The Kier molecular flexibility index (Phi) is 10.8. The van der Waals surface area contributed by atoms with Gasteiger partial charge in [0.05, 0.1) is 6.04 Å². The molecule has 0 spiro atoms. The van der Waals surface area contributed by atoms with Crippen molar-refractivity contribution in [3.63, 3.8) is 0 Å². The van der Waals surface area contributed by atoms with Crippen LogP contribution < -0.4 is 15.8 Å². The highest BCUT2D eigenvalue weighted by Gasteiger charge is 2.33. The molecule has 1 fully saturated rings. The summed E-state index contributed by atoms with van der Waals surface area (Å²) in [5.41, 5.74) is 5.95. The minimum Gasteiger partial charge on any atom is -0.458 e. The Morgan fingerprint density at radius 1 is 1.13 bits per heavy atom. The summed E-state index contributed by atoms with van der Waals surface area (Å²) in [6.07, 6.45) is 0.541. The summed E-state index contributed by atoms with van der Waals surface area (Å²) in [6, 6.07) is 3.96. The lowest BCUT2D eigenvalue weighted by molar-refractivity contribution is -0.158. The molecule has 1 aromatic rings. The summed E-state index contributed by atoms with van der Waals surface area (Å²) >= 11 is 0. The Hall–Kier alpha value is -3.47. The van der Waals surface area contributed by atoms with Gasteiger partial charge in [-0.2, -0.15) is 0 Å². The zero-order valence-electron chi connectivity index (χ0n) is 23.1. The van der Waals surface area contributed by atoms with Crippen molar-refractivity contribution in [2.75, 3.05) is 19.6 Å². The molecule has 0 aromatic heterocycles. The number of hydrogen-bond acceptors (Lipinski definition) is 8. The van der Waals surface area contributed by atoms with Crippen LogP contribution >= 0.6 is 0 Å². The summed E-state index contributed by atoms with van der Waals surface area (Å²) in [5, 5.41) is 2.71. The molecule has 0 saturated carbocycles. The predicted molar refractivity (Wildman–Crippen MR) is 140 cm³/mol. The van der Waals surface area contributed by atoms with E-state index in [0.29, 0.717) is 24.8 Å². The summed E-state index contributed by atoms with van der Waals surface area (Å²) in [5.74, 6) is -0.722. The van der Waals surface area contributed by atoms with E-state index < -0.39 is 41.7 Å². The molecule has 1 unspecified atom stereocenters. The van der Waals surface area contributed by atoms with E-state index in [-0.39, 0.29) is 37.1 Å². The number of carbonyl (C=O) groups excluding carboxylic acids is 5. The molecule has 38 heavy (non-hydrogen) atoms. The smallest absolute Gasteiger partial charge is 0.415 e. The molecule has 3 amide bonds. The van der Waals surface area contributed by atoms with Gasteiger partial charge in [0, 0.05) is 33.0 Å². The average molecular weight is 533 g/mol. The van der Waals surface area contributed by atoms with E-state index in [0.717, 1.165) is 0 Å². The van der Waals surface area contributed by atoms with Crippen LogP contribution in [-0.4, -0.2) is 83.3 Å². The van der Waals surface area contributed by atoms with Crippen molar-refractivity contribution in [2.45, 2.75) is 78.1 Å². The third-order valence-electron chi connectivity index (χ3n) is 5.89. The molecule has 11 heteroatoms. The Bertz CT molecular complexity index is 1000. The highest BCUT2D eigenvalue weighted by atomic mass is 16.6. The van der Waals surface area contributed by atoms with Gasteiger partial charge in [0.1, 0.15) is 29.7 Å². The Morgan fingerprint density at radius 2 is 1.76 bits per heavy atom. The van der Waals surface area contributed by atoms with Gasteiger partial charge < -0.3 is 30.2 Å². The van der Waals surface area contributed by atoms with Crippen molar-refractivity contribution in [1.82, 2.24) is 15.1 Å². The van der Waals surface area contributed by atoms with Gasteiger partial charge >= 0.3 is 12.1 Å². The second-order valence-electron chi connectivity index (χ2n) is 10.9. The lowest BCUT2D eigenvalue weighted by atomic mass is 10.0. The highest BCUT2D eigenvalue weighted by molar-refractivity contribution is 5.87. The van der Waals surface area contributed by atoms with Crippen LogP contribution in [0.3, 0.4) is 0 Å². The first-order valence-electron chi connectivity index (χ1n) is 12.8. The van der Waals surface area contributed by atoms with E-state index in [1.807, 2.05) is 13.8 Å².